The zero-order chi connectivity index (χ0) is 9.10. The van der Waals surface area contributed by atoms with E-state index in [1.54, 1.807) is 23.6 Å². The molecule has 0 aliphatic heterocycles. The Morgan fingerprint density at radius 2 is 2.54 bits per heavy atom. The van der Waals surface area contributed by atoms with E-state index in [0.29, 0.717) is 0 Å². The molecular weight excluding hydrogens is 182 g/mol. The molecule has 0 aliphatic rings. The molecule has 0 amide bonds. The molecule has 0 aromatic carbocycles. The second-order valence-corrected chi connectivity index (χ2v) is 3.54. The van der Waals surface area contributed by atoms with Gasteiger partial charge in [-0.3, -0.25) is 0 Å². The summed E-state index contributed by atoms with van der Waals surface area (Å²) in [6.07, 6.45) is 3.55. The second-order valence-electron chi connectivity index (χ2n) is 2.51. The fourth-order valence-corrected chi connectivity index (χ4v) is 1.84. The highest BCUT2D eigenvalue weighted by Crippen LogP contribution is 2.23. The van der Waals surface area contributed by atoms with Gasteiger partial charge < -0.3 is 5.32 Å². The normalized spacial score (nSPS) is 10.2. The molecular formula is C9H9N3S. The number of anilines is 1. The molecule has 13 heavy (non-hydrogen) atoms. The summed E-state index contributed by atoms with van der Waals surface area (Å²) < 4.78 is 1.11. The minimum Gasteiger partial charge on any atom is -0.358 e. The van der Waals surface area contributed by atoms with Crippen molar-refractivity contribution in [1.82, 2.24) is 9.97 Å². The molecule has 0 fully saturated rings. The topological polar surface area (TPSA) is 37.8 Å². The first kappa shape index (κ1) is 8.19. The molecule has 0 unspecified atom stereocenters. The van der Waals surface area contributed by atoms with Gasteiger partial charge in [0.1, 0.15) is 0 Å². The lowest BCUT2D eigenvalue weighted by molar-refractivity contribution is 1.27. The molecule has 0 radical (unpaired) electrons. The first-order valence-electron chi connectivity index (χ1n) is 3.96. The fraction of sp³-hybridized carbons (Fsp3) is 0.111. The Kier molecular flexibility index (Phi) is 2.23. The smallest absolute Gasteiger partial charge is 0.185 e. The van der Waals surface area contributed by atoms with Gasteiger partial charge in [-0.1, -0.05) is 17.4 Å². The van der Waals surface area contributed by atoms with Crippen LogP contribution in [0.15, 0.2) is 31.0 Å². The van der Waals surface area contributed by atoms with Gasteiger partial charge in [-0.15, -0.1) is 6.58 Å². The minimum absolute atomic E-state index is 0.736. The molecule has 3 nitrogen and oxygen atoms in total. The van der Waals surface area contributed by atoms with Gasteiger partial charge >= 0.3 is 0 Å². The maximum Gasteiger partial charge on any atom is 0.185 e. The van der Waals surface area contributed by atoms with Crippen LogP contribution in [0.1, 0.15) is 0 Å². The molecule has 2 aromatic rings. The van der Waals surface area contributed by atoms with Crippen molar-refractivity contribution in [3.05, 3.63) is 31.0 Å². The molecule has 4 heteroatoms. The van der Waals surface area contributed by atoms with Crippen LogP contribution in [-0.2, 0) is 0 Å². The SMILES string of the molecule is C=CCNc1nc2ncccc2s1. The van der Waals surface area contributed by atoms with Crippen LogP contribution in [-0.4, -0.2) is 16.5 Å². The van der Waals surface area contributed by atoms with Crippen LogP contribution in [0.5, 0.6) is 0 Å². The Morgan fingerprint density at radius 3 is 3.31 bits per heavy atom. The largest absolute Gasteiger partial charge is 0.358 e. The number of nitrogens with zero attached hydrogens (tertiary/aromatic N) is 2. The quantitative estimate of drug-likeness (QED) is 0.756. The van der Waals surface area contributed by atoms with Crippen molar-refractivity contribution in [3.8, 4) is 0 Å². The maximum absolute atomic E-state index is 4.30. The molecule has 0 bridgehead atoms. The molecule has 0 saturated heterocycles. The van der Waals surface area contributed by atoms with E-state index in [-0.39, 0.29) is 0 Å². The average Bonchev–Trinajstić information content (AvgIpc) is 2.57. The highest BCUT2D eigenvalue weighted by atomic mass is 32.1. The number of fused-ring (bicyclic) bond motifs is 1. The number of nitrogens with one attached hydrogen (secondary N) is 1. The van der Waals surface area contributed by atoms with Gasteiger partial charge in [-0.05, 0) is 12.1 Å². The lowest BCUT2D eigenvalue weighted by Crippen LogP contribution is -1.95. The highest BCUT2D eigenvalue weighted by Gasteiger charge is 2.01. The summed E-state index contributed by atoms with van der Waals surface area (Å²) in [5, 5.41) is 4.03. The van der Waals surface area contributed by atoms with Gasteiger partial charge in [-0.2, -0.15) is 0 Å². The second kappa shape index (κ2) is 3.53. The lowest BCUT2D eigenvalue weighted by Gasteiger charge is -1.93. The van der Waals surface area contributed by atoms with Crippen LogP contribution in [0.25, 0.3) is 10.3 Å². The average molecular weight is 191 g/mol. The Bertz CT molecular complexity index is 388. The van der Waals surface area contributed by atoms with E-state index in [0.717, 1.165) is 22.0 Å². The summed E-state index contributed by atoms with van der Waals surface area (Å²) in [5.74, 6) is 0. The molecule has 1 N–H and O–H groups in total. The first-order chi connectivity index (χ1) is 6.40. The summed E-state index contributed by atoms with van der Waals surface area (Å²) in [4.78, 5) is 8.44. The van der Waals surface area contributed by atoms with Gasteiger partial charge in [0, 0.05) is 12.7 Å². The molecule has 0 aliphatic carbocycles. The van der Waals surface area contributed by atoms with Crippen molar-refractivity contribution in [2.45, 2.75) is 0 Å². The van der Waals surface area contributed by atoms with E-state index in [9.17, 15) is 0 Å². The van der Waals surface area contributed by atoms with Crippen LogP contribution in [0.4, 0.5) is 5.13 Å². The van der Waals surface area contributed by atoms with E-state index < -0.39 is 0 Å². The summed E-state index contributed by atoms with van der Waals surface area (Å²) in [5.41, 5.74) is 0.805. The van der Waals surface area contributed by atoms with E-state index in [4.69, 9.17) is 0 Å². The van der Waals surface area contributed by atoms with Crippen molar-refractivity contribution in [2.75, 3.05) is 11.9 Å². The Labute approximate surface area is 80.1 Å². The standard InChI is InChI=1S/C9H9N3S/c1-2-5-11-9-12-8-7(13-9)4-3-6-10-8/h2-4,6H,1,5H2,(H,10,11,12). The zero-order valence-electron chi connectivity index (χ0n) is 7.03. The Balaban J connectivity index is 2.32. The van der Waals surface area contributed by atoms with Crippen molar-refractivity contribution in [2.24, 2.45) is 0 Å². The number of pyridine rings is 1. The van der Waals surface area contributed by atoms with Crippen LogP contribution in [0, 0.1) is 0 Å². The zero-order valence-corrected chi connectivity index (χ0v) is 7.84. The number of rotatable bonds is 3. The first-order valence-corrected chi connectivity index (χ1v) is 4.78. The van der Waals surface area contributed by atoms with E-state index in [1.807, 2.05) is 12.1 Å². The Morgan fingerprint density at radius 1 is 1.62 bits per heavy atom. The molecule has 0 atom stereocenters. The fourth-order valence-electron chi connectivity index (χ4n) is 1.00. The molecule has 2 heterocycles. The number of hydrogen-bond acceptors (Lipinski definition) is 4. The van der Waals surface area contributed by atoms with E-state index >= 15 is 0 Å². The molecule has 2 aromatic heterocycles. The predicted molar refractivity (Wildman–Crippen MR) is 56.1 cm³/mol. The van der Waals surface area contributed by atoms with Crippen LogP contribution in [0.3, 0.4) is 0 Å². The van der Waals surface area contributed by atoms with Crippen LogP contribution < -0.4 is 5.32 Å². The molecule has 2 rings (SSSR count). The van der Waals surface area contributed by atoms with Crippen LogP contribution in [0.2, 0.25) is 0 Å². The summed E-state index contributed by atoms with van der Waals surface area (Å²) in [7, 11) is 0. The monoisotopic (exact) mass is 191 g/mol. The summed E-state index contributed by atoms with van der Waals surface area (Å²) in [6.45, 7) is 4.36. The number of aromatic nitrogens is 2. The molecule has 66 valence electrons. The van der Waals surface area contributed by atoms with Gasteiger partial charge in [0.05, 0.1) is 4.70 Å². The maximum atomic E-state index is 4.30. The van der Waals surface area contributed by atoms with Gasteiger partial charge in [0.15, 0.2) is 10.8 Å². The third kappa shape index (κ3) is 1.67. The summed E-state index contributed by atoms with van der Waals surface area (Å²) >= 11 is 1.60. The van der Waals surface area contributed by atoms with Gasteiger partial charge in [0.2, 0.25) is 0 Å². The van der Waals surface area contributed by atoms with E-state index in [2.05, 4.69) is 21.9 Å². The molecule has 0 spiro atoms. The molecule has 0 saturated carbocycles. The predicted octanol–water partition coefficient (Wildman–Crippen LogP) is 2.29. The van der Waals surface area contributed by atoms with Crippen molar-refractivity contribution in [3.63, 3.8) is 0 Å². The Hall–Kier alpha value is -1.42. The lowest BCUT2D eigenvalue weighted by atomic mass is 10.5. The highest BCUT2D eigenvalue weighted by molar-refractivity contribution is 7.22. The van der Waals surface area contributed by atoms with Crippen molar-refractivity contribution >= 4 is 26.8 Å². The third-order valence-corrected chi connectivity index (χ3v) is 2.53. The summed E-state index contributed by atoms with van der Waals surface area (Å²) in [6, 6.07) is 3.93. The van der Waals surface area contributed by atoms with Crippen molar-refractivity contribution < 1.29 is 0 Å². The van der Waals surface area contributed by atoms with Crippen LogP contribution >= 0.6 is 11.3 Å². The van der Waals surface area contributed by atoms with Crippen molar-refractivity contribution in [1.29, 1.82) is 0 Å². The third-order valence-electron chi connectivity index (χ3n) is 1.56. The minimum atomic E-state index is 0.736. The number of thiazole rings is 1. The van der Waals surface area contributed by atoms with Gasteiger partial charge in [-0.25, -0.2) is 9.97 Å². The van der Waals surface area contributed by atoms with Gasteiger partial charge in [0.25, 0.3) is 0 Å². The van der Waals surface area contributed by atoms with E-state index in [1.165, 1.54) is 0 Å². The number of hydrogen-bond donors (Lipinski definition) is 1.